The van der Waals surface area contributed by atoms with Crippen molar-refractivity contribution in [2.24, 2.45) is 0 Å². The number of alkyl halides is 3. The monoisotopic (exact) mass is 339 g/mol. The molecule has 0 fully saturated rings. The van der Waals surface area contributed by atoms with Crippen molar-refractivity contribution in [3.8, 4) is 0 Å². The van der Waals surface area contributed by atoms with Gasteiger partial charge in [0.05, 0.1) is 11.6 Å². The molecule has 1 aromatic heterocycles. The predicted octanol–water partition coefficient (Wildman–Crippen LogP) is 4.28. The van der Waals surface area contributed by atoms with E-state index in [4.69, 9.17) is 0 Å². The fourth-order valence-corrected chi connectivity index (χ4v) is 2.59. The summed E-state index contributed by atoms with van der Waals surface area (Å²) in [6.07, 6.45) is -4.69. The molecule has 7 heteroatoms. The van der Waals surface area contributed by atoms with E-state index in [0.29, 0.717) is 0 Å². The van der Waals surface area contributed by atoms with Crippen LogP contribution in [0.25, 0.3) is 0 Å². The van der Waals surface area contributed by atoms with Gasteiger partial charge in [-0.3, -0.25) is 9.48 Å². The SMILES string of the molecule is Cc1c(C(=O)NC(C)c2ccccc2)c(C(F)(F)F)nn1C(C)C. The number of aromatic nitrogens is 2. The molecule has 0 aliphatic heterocycles. The van der Waals surface area contributed by atoms with Gasteiger partial charge in [-0.2, -0.15) is 18.3 Å². The molecule has 2 rings (SSSR count). The van der Waals surface area contributed by atoms with Crippen molar-refractivity contribution >= 4 is 5.91 Å². The zero-order valence-electron chi connectivity index (χ0n) is 14.0. The molecule has 1 aromatic carbocycles. The van der Waals surface area contributed by atoms with Crippen molar-refractivity contribution in [1.29, 1.82) is 0 Å². The average Bonchev–Trinajstić information content (AvgIpc) is 2.86. The number of nitrogens with one attached hydrogen (secondary N) is 1. The number of hydrogen-bond acceptors (Lipinski definition) is 2. The molecule has 4 nitrogen and oxygen atoms in total. The predicted molar refractivity (Wildman–Crippen MR) is 84.7 cm³/mol. The second-order valence-corrected chi connectivity index (χ2v) is 5.95. The van der Waals surface area contributed by atoms with Crippen LogP contribution in [0.4, 0.5) is 13.2 Å². The molecule has 0 bridgehead atoms. The third kappa shape index (κ3) is 3.60. The van der Waals surface area contributed by atoms with Crippen LogP contribution in [0.5, 0.6) is 0 Å². The van der Waals surface area contributed by atoms with Crippen molar-refractivity contribution < 1.29 is 18.0 Å². The summed E-state index contributed by atoms with van der Waals surface area (Å²) in [5.74, 6) is -0.775. The van der Waals surface area contributed by atoms with E-state index >= 15 is 0 Å². The Bertz CT molecular complexity index is 721. The molecule has 130 valence electrons. The van der Waals surface area contributed by atoms with Crippen LogP contribution in [0.2, 0.25) is 0 Å². The average molecular weight is 339 g/mol. The molecule has 1 N–H and O–H groups in total. The first kappa shape index (κ1) is 18.0. The van der Waals surface area contributed by atoms with Crippen molar-refractivity contribution in [1.82, 2.24) is 15.1 Å². The zero-order valence-corrected chi connectivity index (χ0v) is 14.0. The first-order valence-corrected chi connectivity index (χ1v) is 7.65. The summed E-state index contributed by atoms with van der Waals surface area (Å²) in [5.41, 5.74) is -0.547. The summed E-state index contributed by atoms with van der Waals surface area (Å²) in [5, 5.41) is 6.24. The third-order valence-electron chi connectivity index (χ3n) is 3.78. The highest BCUT2D eigenvalue weighted by Crippen LogP contribution is 2.33. The van der Waals surface area contributed by atoms with Gasteiger partial charge in [0.1, 0.15) is 0 Å². The van der Waals surface area contributed by atoms with Crippen LogP contribution in [-0.4, -0.2) is 15.7 Å². The zero-order chi connectivity index (χ0) is 18.1. The van der Waals surface area contributed by atoms with Gasteiger partial charge in [0.25, 0.3) is 5.91 Å². The number of nitrogens with zero attached hydrogens (tertiary/aromatic N) is 2. The van der Waals surface area contributed by atoms with Crippen LogP contribution in [0.1, 0.15) is 60.2 Å². The van der Waals surface area contributed by atoms with E-state index in [1.165, 1.54) is 11.6 Å². The van der Waals surface area contributed by atoms with E-state index in [1.54, 1.807) is 45.0 Å². The second kappa shape index (κ2) is 6.67. The highest BCUT2D eigenvalue weighted by atomic mass is 19.4. The quantitative estimate of drug-likeness (QED) is 0.904. The van der Waals surface area contributed by atoms with Gasteiger partial charge in [0.15, 0.2) is 5.69 Å². The van der Waals surface area contributed by atoms with Crippen LogP contribution in [0.3, 0.4) is 0 Å². The molecule has 24 heavy (non-hydrogen) atoms. The minimum absolute atomic E-state index is 0.204. The summed E-state index contributed by atoms with van der Waals surface area (Å²) in [6, 6.07) is 8.36. The summed E-state index contributed by atoms with van der Waals surface area (Å²) in [7, 11) is 0. The van der Waals surface area contributed by atoms with Gasteiger partial charge in [0.2, 0.25) is 0 Å². The summed E-state index contributed by atoms with van der Waals surface area (Å²) >= 11 is 0. The molecule has 1 unspecified atom stereocenters. The Morgan fingerprint density at radius 3 is 2.25 bits per heavy atom. The molecule has 0 aliphatic carbocycles. The molecule has 1 heterocycles. The topological polar surface area (TPSA) is 46.9 Å². The van der Waals surface area contributed by atoms with Crippen molar-refractivity contribution in [2.75, 3.05) is 0 Å². The fraction of sp³-hybridized carbons (Fsp3) is 0.412. The Kier molecular flexibility index (Phi) is 5.01. The van der Waals surface area contributed by atoms with Gasteiger partial charge < -0.3 is 5.32 Å². The van der Waals surface area contributed by atoms with E-state index in [-0.39, 0.29) is 11.7 Å². The smallest absolute Gasteiger partial charge is 0.345 e. The van der Waals surface area contributed by atoms with Crippen LogP contribution in [0.15, 0.2) is 30.3 Å². The fourth-order valence-electron chi connectivity index (χ4n) is 2.59. The van der Waals surface area contributed by atoms with E-state index in [2.05, 4.69) is 10.4 Å². The largest absolute Gasteiger partial charge is 0.435 e. The van der Waals surface area contributed by atoms with Crippen LogP contribution >= 0.6 is 0 Å². The van der Waals surface area contributed by atoms with Gasteiger partial charge in [-0.15, -0.1) is 0 Å². The molecule has 0 aliphatic rings. The Morgan fingerprint density at radius 1 is 1.17 bits per heavy atom. The number of hydrogen-bond donors (Lipinski definition) is 1. The first-order chi connectivity index (χ1) is 11.1. The number of benzene rings is 1. The maximum atomic E-state index is 13.3. The second-order valence-electron chi connectivity index (χ2n) is 5.95. The maximum absolute atomic E-state index is 13.3. The minimum Gasteiger partial charge on any atom is -0.345 e. The minimum atomic E-state index is -4.69. The molecular weight excluding hydrogens is 319 g/mol. The number of amides is 1. The lowest BCUT2D eigenvalue weighted by Gasteiger charge is -2.15. The standard InChI is InChI=1S/C17H20F3N3O/c1-10(2)23-12(4)14(15(22-23)17(18,19)20)16(24)21-11(3)13-8-6-5-7-9-13/h5-11H,1-4H3,(H,21,24). The lowest BCUT2D eigenvalue weighted by Crippen LogP contribution is -2.29. The highest BCUT2D eigenvalue weighted by molar-refractivity contribution is 5.96. The number of halogens is 3. The Balaban J connectivity index is 2.38. The molecular formula is C17H20F3N3O. The Morgan fingerprint density at radius 2 is 1.75 bits per heavy atom. The molecule has 1 atom stereocenters. The molecule has 0 saturated heterocycles. The van der Waals surface area contributed by atoms with E-state index in [1.807, 2.05) is 6.07 Å². The first-order valence-electron chi connectivity index (χ1n) is 7.65. The number of carbonyl (C=O) groups excluding carboxylic acids is 1. The van der Waals surface area contributed by atoms with Gasteiger partial charge >= 0.3 is 6.18 Å². The summed E-state index contributed by atoms with van der Waals surface area (Å²) in [6.45, 7) is 6.63. The summed E-state index contributed by atoms with van der Waals surface area (Å²) < 4.78 is 41.0. The third-order valence-corrected chi connectivity index (χ3v) is 3.78. The summed E-state index contributed by atoms with van der Waals surface area (Å²) in [4.78, 5) is 12.5. The Hall–Kier alpha value is -2.31. The van der Waals surface area contributed by atoms with Crippen molar-refractivity contribution in [3.05, 3.63) is 52.8 Å². The van der Waals surface area contributed by atoms with Gasteiger partial charge in [-0.1, -0.05) is 30.3 Å². The molecule has 0 radical (unpaired) electrons. The van der Waals surface area contributed by atoms with Crippen LogP contribution in [0, 0.1) is 6.92 Å². The van der Waals surface area contributed by atoms with E-state index in [0.717, 1.165) is 5.56 Å². The van der Waals surface area contributed by atoms with Crippen LogP contribution in [-0.2, 0) is 6.18 Å². The van der Waals surface area contributed by atoms with Gasteiger partial charge in [0, 0.05) is 11.7 Å². The van der Waals surface area contributed by atoms with Crippen molar-refractivity contribution in [3.63, 3.8) is 0 Å². The number of carbonyl (C=O) groups is 1. The maximum Gasteiger partial charge on any atom is 0.435 e. The van der Waals surface area contributed by atoms with E-state index < -0.39 is 29.4 Å². The van der Waals surface area contributed by atoms with Crippen LogP contribution < -0.4 is 5.32 Å². The molecule has 1 amide bonds. The van der Waals surface area contributed by atoms with E-state index in [9.17, 15) is 18.0 Å². The Labute approximate surface area is 138 Å². The normalized spacial score (nSPS) is 13.2. The molecule has 0 spiro atoms. The highest BCUT2D eigenvalue weighted by Gasteiger charge is 2.41. The molecule has 2 aromatic rings. The lowest BCUT2D eigenvalue weighted by atomic mass is 10.1. The van der Waals surface area contributed by atoms with Gasteiger partial charge in [-0.25, -0.2) is 0 Å². The lowest BCUT2D eigenvalue weighted by molar-refractivity contribution is -0.141. The van der Waals surface area contributed by atoms with Crippen molar-refractivity contribution in [2.45, 2.75) is 46.0 Å². The number of rotatable bonds is 4. The van der Waals surface area contributed by atoms with Gasteiger partial charge in [-0.05, 0) is 33.3 Å². The molecule has 0 saturated carbocycles.